The average Bonchev–Trinajstić information content (AvgIpc) is 3.02. The second kappa shape index (κ2) is 4.47. The van der Waals surface area contributed by atoms with Crippen LogP contribution in [0.5, 0.6) is 0 Å². The summed E-state index contributed by atoms with van der Waals surface area (Å²) in [5.74, 6) is 2.58. The molecule has 17 heavy (non-hydrogen) atoms. The average molecular weight is 233 g/mol. The van der Waals surface area contributed by atoms with Crippen LogP contribution in [-0.2, 0) is 0 Å². The van der Waals surface area contributed by atoms with Crippen LogP contribution in [0.3, 0.4) is 0 Å². The van der Waals surface area contributed by atoms with E-state index in [0.29, 0.717) is 11.9 Å². The molecule has 1 aliphatic carbocycles. The lowest BCUT2D eigenvalue weighted by Crippen LogP contribution is -2.22. The minimum absolute atomic E-state index is 0.379. The van der Waals surface area contributed by atoms with E-state index in [4.69, 9.17) is 5.73 Å². The van der Waals surface area contributed by atoms with Gasteiger partial charge in [-0.2, -0.15) is 15.0 Å². The van der Waals surface area contributed by atoms with E-state index >= 15 is 0 Å². The van der Waals surface area contributed by atoms with E-state index in [2.05, 4.69) is 19.9 Å². The fourth-order valence-corrected chi connectivity index (χ4v) is 2.82. The summed E-state index contributed by atoms with van der Waals surface area (Å²) in [5.41, 5.74) is 5.81. The summed E-state index contributed by atoms with van der Waals surface area (Å²) in [4.78, 5) is 15.4. The maximum absolute atomic E-state index is 5.81. The summed E-state index contributed by atoms with van der Waals surface area (Å²) < 4.78 is 0. The van der Waals surface area contributed by atoms with Gasteiger partial charge in [0.1, 0.15) is 5.82 Å². The molecule has 0 radical (unpaired) electrons. The van der Waals surface area contributed by atoms with Gasteiger partial charge in [-0.15, -0.1) is 0 Å². The zero-order chi connectivity index (χ0) is 11.7. The quantitative estimate of drug-likeness (QED) is 0.842. The van der Waals surface area contributed by atoms with Gasteiger partial charge < -0.3 is 10.6 Å². The number of aromatic nitrogens is 3. The first-order valence-corrected chi connectivity index (χ1v) is 6.59. The third-order valence-electron chi connectivity index (χ3n) is 3.77. The van der Waals surface area contributed by atoms with Crippen LogP contribution in [0.4, 0.5) is 11.9 Å². The summed E-state index contributed by atoms with van der Waals surface area (Å²) >= 11 is 0. The van der Waals surface area contributed by atoms with E-state index in [1.807, 2.05) is 0 Å². The molecular formula is C12H19N5. The Kier molecular flexibility index (Phi) is 2.82. The van der Waals surface area contributed by atoms with Gasteiger partial charge in [0.15, 0.2) is 0 Å². The fourth-order valence-electron chi connectivity index (χ4n) is 2.82. The van der Waals surface area contributed by atoms with Gasteiger partial charge in [-0.05, 0) is 25.7 Å². The van der Waals surface area contributed by atoms with Crippen molar-refractivity contribution < 1.29 is 0 Å². The van der Waals surface area contributed by atoms with Crippen molar-refractivity contribution in [3.63, 3.8) is 0 Å². The minimum Gasteiger partial charge on any atom is -0.368 e. The van der Waals surface area contributed by atoms with E-state index < -0.39 is 0 Å². The summed E-state index contributed by atoms with van der Waals surface area (Å²) in [6.45, 7) is 2.10. The molecule has 1 saturated carbocycles. The normalized spacial score (nSPS) is 21.3. The zero-order valence-corrected chi connectivity index (χ0v) is 10.1. The Morgan fingerprint density at radius 3 is 2.35 bits per heavy atom. The predicted octanol–water partition coefficient (Wildman–Crippen LogP) is 1.71. The van der Waals surface area contributed by atoms with Crippen molar-refractivity contribution in [2.24, 2.45) is 0 Å². The third kappa shape index (κ3) is 2.18. The first kappa shape index (κ1) is 10.7. The van der Waals surface area contributed by atoms with Crippen molar-refractivity contribution in [2.75, 3.05) is 23.7 Å². The highest BCUT2D eigenvalue weighted by molar-refractivity contribution is 5.36. The van der Waals surface area contributed by atoms with E-state index in [1.165, 1.54) is 38.5 Å². The summed E-state index contributed by atoms with van der Waals surface area (Å²) in [7, 11) is 0. The molecule has 2 fully saturated rings. The molecule has 2 N–H and O–H groups in total. The van der Waals surface area contributed by atoms with Crippen LogP contribution in [0.25, 0.3) is 0 Å². The summed E-state index contributed by atoms with van der Waals surface area (Å²) in [5, 5.41) is 0. The SMILES string of the molecule is Nc1nc(C2CCCC2)nc(N2CCCC2)n1. The molecule has 0 bridgehead atoms. The molecule has 2 aliphatic rings. The Bertz CT molecular complexity index is 360. The van der Waals surface area contributed by atoms with Crippen molar-refractivity contribution in [1.29, 1.82) is 0 Å². The molecule has 0 atom stereocenters. The van der Waals surface area contributed by atoms with Gasteiger partial charge in [0.2, 0.25) is 11.9 Å². The molecule has 5 heteroatoms. The highest BCUT2D eigenvalue weighted by Crippen LogP contribution is 2.32. The molecule has 1 aliphatic heterocycles. The lowest BCUT2D eigenvalue weighted by Gasteiger charge is -2.17. The van der Waals surface area contributed by atoms with Gasteiger partial charge in [0.25, 0.3) is 0 Å². The summed E-state index contributed by atoms with van der Waals surface area (Å²) in [6.07, 6.45) is 7.42. The molecule has 0 unspecified atom stereocenters. The molecule has 0 spiro atoms. The van der Waals surface area contributed by atoms with Crippen molar-refractivity contribution in [2.45, 2.75) is 44.4 Å². The molecular weight excluding hydrogens is 214 g/mol. The van der Waals surface area contributed by atoms with Crippen LogP contribution < -0.4 is 10.6 Å². The molecule has 92 valence electrons. The van der Waals surface area contributed by atoms with Gasteiger partial charge in [0, 0.05) is 19.0 Å². The lowest BCUT2D eigenvalue weighted by atomic mass is 10.1. The Labute approximate surface area is 101 Å². The maximum atomic E-state index is 5.81. The molecule has 1 aromatic heterocycles. The lowest BCUT2D eigenvalue weighted by molar-refractivity contribution is 0.660. The number of nitrogens with two attached hydrogens (primary N) is 1. The molecule has 2 heterocycles. The molecule has 0 amide bonds. The Morgan fingerprint density at radius 1 is 0.941 bits per heavy atom. The molecule has 1 saturated heterocycles. The number of nitrogen functional groups attached to an aromatic ring is 1. The highest BCUT2D eigenvalue weighted by atomic mass is 15.3. The van der Waals surface area contributed by atoms with Gasteiger partial charge in [-0.25, -0.2) is 0 Å². The predicted molar refractivity (Wildman–Crippen MR) is 66.9 cm³/mol. The minimum atomic E-state index is 0.379. The first-order valence-electron chi connectivity index (χ1n) is 6.59. The van der Waals surface area contributed by atoms with Crippen LogP contribution in [0.1, 0.15) is 50.3 Å². The smallest absolute Gasteiger partial charge is 0.230 e. The summed E-state index contributed by atoms with van der Waals surface area (Å²) in [6, 6.07) is 0. The topological polar surface area (TPSA) is 67.9 Å². The van der Waals surface area contributed by atoms with Crippen LogP contribution in [0.15, 0.2) is 0 Å². The molecule has 1 aromatic rings. The van der Waals surface area contributed by atoms with E-state index in [9.17, 15) is 0 Å². The van der Waals surface area contributed by atoms with Crippen molar-refractivity contribution >= 4 is 11.9 Å². The van der Waals surface area contributed by atoms with Crippen LogP contribution in [0.2, 0.25) is 0 Å². The Hall–Kier alpha value is -1.39. The van der Waals surface area contributed by atoms with E-state index in [0.717, 1.165) is 24.9 Å². The number of nitrogens with zero attached hydrogens (tertiary/aromatic N) is 4. The Balaban J connectivity index is 1.88. The Morgan fingerprint density at radius 2 is 1.65 bits per heavy atom. The molecule has 0 aromatic carbocycles. The number of hydrogen-bond acceptors (Lipinski definition) is 5. The molecule has 5 nitrogen and oxygen atoms in total. The first-order chi connectivity index (χ1) is 8.33. The fraction of sp³-hybridized carbons (Fsp3) is 0.750. The molecule has 3 rings (SSSR count). The standard InChI is InChI=1S/C12H19N5/c13-11-14-10(9-5-1-2-6-9)15-12(16-11)17-7-3-4-8-17/h9H,1-8H2,(H2,13,14,15,16). The van der Waals surface area contributed by atoms with Gasteiger partial charge >= 0.3 is 0 Å². The van der Waals surface area contributed by atoms with Gasteiger partial charge in [-0.3, -0.25) is 0 Å². The second-order valence-corrected chi connectivity index (χ2v) is 5.03. The van der Waals surface area contributed by atoms with E-state index in [-0.39, 0.29) is 0 Å². The van der Waals surface area contributed by atoms with E-state index in [1.54, 1.807) is 0 Å². The van der Waals surface area contributed by atoms with Crippen LogP contribution in [0, 0.1) is 0 Å². The largest absolute Gasteiger partial charge is 0.368 e. The second-order valence-electron chi connectivity index (χ2n) is 5.03. The van der Waals surface area contributed by atoms with Crippen LogP contribution in [-0.4, -0.2) is 28.0 Å². The van der Waals surface area contributed by atoms with Gasteiger partial charge in [-0.1, -0.05) is 12.8 Å². The zero-order valence-electron chi connectivity index (χ0n) is 10.1. The number of rotatable bonds is 2. The number of anilines is 2. The monoisotopic (exact) mass is 233 g/mol. The van der Waals surface area contributed by atoms with Crippen molar-refractivity contribution in [1.82, 2.24) is 15.0 Å². The van der Waals surface area contributed by atoms with Gasteiger partial charge in [0.05, 0.1) is 0 Å². The number of hydrogen-bond donors (Lipinski definition) is 1. The highest BCUT2D eigenvalue weighted by Gasteiger charge is 2.23. The van der Waals surface area contributed by atoms with Crippen LogP contribution >= 0.6 is 0 Å². The maximum Gasteiger partial charge on any atom is 0.230 e. The van der Waals surface area contributed by atoms with Crippen molar-refractivity contribution in [3.05, 3.63) is 5.82 Å². The van der Waals surface area contributed by atoms with Crippen molar-refractivity contribution in [3.8, 4) is 0 Å². The third-order valence-corrected chi connectivity index (χ3v) is 3.77.